The number of rotatable bonds is 3. The van der Waals surface area contributed by atoms with Crippen molar-refractivity contribution >= 4 is 10.9 Å². The SMILES string of the molecule is Cc1cc(C)c2[nH]c(=O)c(-c3c(-c4ccccc4)ncn3[C@H]3CCNC3)cc2c1. The monoisotopic (exact) mass is 384 g/mol. The molecule has 1 saturated heterocycles. The third-order valence-corrected chi connectivity index (χ3v) is 5.82. The van der Waals surface area contributed by atoms with E-state index in [4.69, 9.17) is 4.98 Å². The van der Waals surface area contributed by atoms with Crippen molar-refractivity contribution in [3.63, 3.8) is 0 Å². The number of hydrogen-bond donors (Lipinski definition) is 2. The lowest BCUT2D eigenvalue weighted by molar-refractivity contribution is 0.551. The van der Waals surface area contributed by atoms with Crippen LogP contribution in [0.4, 0.5) is 0 Å². The van der Waals surface area contributed by atoms with Crippen molar-refractivity contribution in [1.82, 2.24) is 19.9 Å². The Morgan fingerprint density at radius 2 is 1.93 bits per heavy atom. The zero-order valence-corrected chi connectivity index (χ0v) is 16.7. The molecule has 0 amide bonds. The van der Waals surface area contributed by atoms with Crippen LogP contribution >= 0.6 is 0 Å². The number of aromatic nitrogens is 3. The van der Waals surface area contributed by atoms with Gasteiger partial charge in [0, 0.05) is 18.2 Å². The van der Waals surface area contributed by atoms with Crippen LogP contribution < -0.4 is 10.9 Å². The van der Waals surface area contributed by atoms with E-state index in [1.807, 2.05) is 49.6 Å². The summed E-state index contributed by atoms with van der Waals surface area (Å²) in [6.07, 6.45) is 2.92. The van der Waals surface area contributed by atoms with Crippen LogP contribution in [-0.4, -0.2) is 27.6 Å². The van der Waals surface area contributed by atoms with Crippen LogP contribution in [0.5, 0.6) is 0 Å². The molecule has 3 heterocycles. The van der Waals surface area contributed by atoms with Gasteiger partial charge in [0.05, 0.1) is 28.8 Å². The number of benzene rings is 2. The van der Waals surface area contributed by atoms with E-state index < -0.39 is 0 Å². The Bertz CT molecular complexity index is 1250. The Morgan fingerprint density at radius 3 is 2.69 bits per heavy atom. The fourth-order valence-corrected chi connectivity index (χ4v) is 4.45. The van der Waals surface area contributed by atoms with E-state index in [2.05, 4.69) is 33.9 Å². The Balaban J connectivity index is 1.79. The first-order chi connectivity index (χ1) is 14.1. The molecule has 2 aromatic carbocycles. The third kappa shape index (κ3) is 3.08. The minimum absolute atomic E-state index is 0.0747. The first kappa shape index (κ1) is 17.9. The van der Waals surface area contributed by atoms with Crippen molar-refractivity contribution in [2.24, 2.45) is 0 Å². The first-order valence-electron chi connectivity index (χ1n) is 10.1. The average molecular weight is 384 g/mol. The highest BCUT2D eigenvalue weighted by atomic mass is 16.1. The highest BCUT2D eigenvalue weighted by Gasteiger charge is 2.25. The van der Waals surface area contributed by atoms with Gasteiger partial charge in [0.15, 0.2) is 0 Å². The predicted molar refractivity (Wildman–Crippen MR) is 117 cm³/mol. The number of H-pyrrole nitrogens is 1. The second kappa shape index (κ2) is 7.01. The number of hydrogen-bond acceptors (Lipinski definition) is 3. The normalized spacial score (nSPS) is 16.6. The van der Waals surface area contributed by atoms with Gasteiger partial charge >= 0.3 is 0 Å². The van der Waals surface area contributed by atoms with Crippen LogP contribution in [0.25, 0.3) is 33.4 Å². The van der Waals surface area contributed by atoms with Gasteiger partial charge < -0.3 is 14.9 Å². The van der Waals surface area contributed by atoms with E-state index in [1.165, 1.54) is 5.56 Å². The van der Waals surface area contributed by atoms with Crippen molar-refractivity contribution < 1.29 is 0 Å². The standard InChI is InChI=1S/C24H24N4O/c1-15-10-16(2)21-18(11-15)12-20(24(29)27-21)23-22(17-6-4-3-5-7-17)26-14-28(23)19-8-9-25-13-19/h3-7,10-12,14,19,25H,8-9,13H2,1-2H3,(H,27,29)/t19-/m0/s1. The van der Waals surface area contributed by atoms with Gasteiger partial charge in [-0.1, -0.05) is 42.0 Å². The van der Waals surface area contributed by atoms with E-state index in [0.717, 1.165) is 52.9 Å². The van der Waals surface area contributed by atoms with Gasteiger partial charge in [-0.15, -0.1) is 0 Å². The molecule has 29 heavy (non-hydrogen) atoms. The Morgan fingerprint density at radius 1 is 1.10 bits per heavy atom. The van der Waals surface area contributed by atoms with Gasteiger partial charge in [0.25, 0.3) is 5.56 Å². The van der Waals surface area contributed by atoms with Crippen molar-refractivity contribution in [1.29, 1.82) is 0 Å². The maximum absolute atomic E-state index is 13.2. The second-order valence-corrected chi connectivity index (χ2v) is 7.92. The Labute approximate surface area is 169 Å². The number of pyridine rings is 1. The molecule has 146 valence electrons. The van der Waals surface area contributed by atoms with Crippen molar-refractivity contribution in [3.05, 3.63) is 76.3 Å². The molecule has 0 radical (unpaired) electrons. The Hall–Kier alpha value is -3.18. The van der Waals surface area contributed by atoms with E-state index in [9.17, 15) is 4.79 Å². The zero-order chi connectivity index (χ0) is 20.0. The molecule has 1 atom stereocenters. The number of nitrogens with zero attached hydrogens (tertiary/aromatic N) is 2. The van der Waals surface area contributed by atoms with E-state index in [1.54, 1.807) is 0 Å². The fourth-order valence-electron chi connectivity index (χ4n) is 4.45. The number of aromatic amines is 1. The summed E-state index contributed by atoms with van der Waals surface area (Å²) in [5.41, 5.74) is 6.54. The molecule has 2 N–H and O–H groups in total. The van der Waals surface area contributed by atoms with Crippen LogP contribution in [0.15, 0.2) is 59.7 Å². The van der Waals surface area contributed by atoms with Crippen LogP contribution in [0, 0.1) is 13.8 Å². The number of fused-ring (bicyclic) bond motifs is 1. The molecule has 5 heteroatoms. The van der Waals surface area contributed by atoms with Crippen molar-refractivity contribution in [2.45, 2.75) is 26.3 Å². The summed E-state index contributed by atoms with van der Waals surface area (Å²) in [5, 5.41) is 4.47. The molecular formula is C24H24N4O. The van der Waals surface area contributed by atoms with Gasteiger partial charge in [-0.2, -0.15) is 0 Å². The summed E-state index contributed by atoms with van der Waals surface area (Å²) in [4.78, 5) is 21.1. The molecule has 2 aromatic heterocycles. The van der Waals surface area contributed by atoms with Gasteiger partial charge in [-0.25, -0.2) is 4.98 Å². The molecule has 0 saturated carbocycles. The van der Waals surface area contributed by atoms with Crippen LogP contribution in [0.1, 0.15) is 23.6 Å². The molecule has 0 spiro atoms. The molecule has 5 nitrogen and oxygen atoms in total. The molecule has 1 aliphatic rings. The van der Waals surface area contributed by atoms with Gasteiger partial charge in [0.2, 0.25) is 0 Å². The number of aryl methyl sites for hydroxylation is 2. The topological polar surface area (TPSA) is 62.7 Å². The minimum Gasteiger partial charge on any atom is -0.325 e. The summed E-state index contributed by atoms with van der Waals surface area (Å²) < 4.78 is 2.18. The van der Waals surface area contributed by atoms with E-state index >= 15 is 0 Å². The quantitative estimate of drug-likeness (QED) is 0.556. The molecule has 1 fully saturated rings. The molecule has 0 aliphatic carbocycles. The smallest absolute Gasteiger partial charge is 0.257 e. The van der Waals surface area contributed by atoms with Gasteiger partial charge in [-0.3, -0.25) is 4.79 Å². The average Bonchev–Trinajstić information content (AvgIpc) is 3.38. The summed E-state index contributed by atoms with van der Waals surface area (Å²) in [7, 11) is 0. The largest absolute Gasteiger partial charge is 0.325 e. The van der Waals surface area contributed by atoms with Crippen LogP contribution in [-0.2, 0) is 0 Å². The molecule has 1 aliphatic heterocycles. The van der Waals surface area contributed by atoms with Crippen LogP contribution in [0.3, 0.4) is 0 Å². The zero-order valence-electron chi connectivity index (χ0n) is 16.7. The summed E-state index contributed by atoms with van der Waals surface area (Å²) in [6.45, 7) is 5.99. The molecule has 0 bridgehead atoms. The predicted octanol–water partition coefficient (Wildman–Crippen LogP) is 4.21. The second-order valence-electron chi connectivity index (χ2n) is 7.92. The lowest BCUT2D eigenvalue weighted by Gasteiger charge is -2.16. The first-order valence-corrected chi connectivity index (χ1v) is 10.1. The van der Waals surface area contributed by atoms with E-state index in [-0.39, 0.29) is 5.56 Å². The lowest BCUT2D eigenvalue weighted by atomic mass is 10.0. The van der Waals surface area contributed by atoms with Crippen molar-refractivity contribution in [2.75, 3.05) is 13.1 Å². The molecule has 0 unspecified atom stereocenters. The summed E-state index contributed by atoms with van der Waals surface area (Å²) >= 11 is 0. The molecule has 5 rings (SSSR count). The van der Waals surface area contributed by atoms with Crippen LogP contribution in [0.2, 0.25) is 0 Å². The third-order valence-electron chi connectivity index (χ3n) is 5.82. The van der Waals surface area contributed by atoms with E-state index in [0.29, 0.717) is 11.6 Å². The van der Waals surface area contributed by atoms with Crippen molar-refractivity contribution in [3.8, 4) is 22.5 Å². The Kier molecular flexibility index (Phi) is 4.32. The molecular weight excluding hydrogens is 360 g/mol. The summed E-state index contributed by atoms with van der Waals surface area (Å²) in [6, 6.07) is 16.7. The summed E-state index contributed by atoms with van der Waals surface area (Å²) in [5.74, 6) is 0. The van der Waals surface area contributed by atoms with Gasteiger partial charge in [-0.05, 0) is 49.9 Å². The maximum Gasteiger partial charge on any atom is 0.257 e. The highest BCUT2D eigenvalue weighted by Crippen LogP contribution is 2.34. The number of nitrogens with one attached hydrogen (secondary N) is 2. The number of imidazole rings is 1. The molecule has 4 aromatic rings. The maximum atomic E-state index is 13.2. The van der Waals surface area contributed by atoms with Gasteiger partial charge in [0.1, 0.15) is 0 Å². The minimum atomic E-state index is -0.0747. The lowest BCUT2D eigenvalue weighted by Crippen LogP contribution is -2.17. The highest BCUT2D eigenvalue weighted by molar-refractivity contribution is 5.88. The fraction of sp³-hybridized carbons (Fsp3) is 0.250.